The van der Waals surface area contributed by atoms with Gasteiger partial charge in [-0.2, -0.15) is 4.98 Å². The van der Waals surface area contributed by atoms with Crippen LogP contribution in [0, 0.1) is 11.6 Å². The molecule has 18 heavy (non-hydrogen) atoms. The summed E-state index contributed by atoms with van der Waals surface area (Å²) in [5, 5.41) is 2.72. The first-order chi connectivity index (χ1) is 8.69. The number of anilines is 1. The van der Waals surface area contributed by atoms with Crippen LogP contribution in [0.3, 0.4) is 0 Å². The van der Waals surface area contributed by atoms with Crippen LogP contribution < -0.4 is 10.1 Å². The quantitative estimate of drug-likeness (QED) is 0.721. The molecule has 0 amide bonds. The number of halogens is 2. The summed E-state index contributed by atoms with van der Waals surface area (Å²) in [6.07, 6.45) is 4.15. The van der Waals surface area contributed by atoms with Crippen molar-refractivity contribution in [2.24, 2.45) is 0 Å². The lowest BCUT2D eigenvalue weighted by Crippen LogP contribution is -2.07. The summed E-state index contributed by atoms with van der Waals surface area (Å²) in [5.41, 5.74) is 0. The Balaban J connectivity index is 2.56. The molecule has 1 heterocycles. The second-order valence-corrected chi connectivity index (χ2v) is 4.05. The Morgan fingerprint density at radius 3 is 2.61 bits per heavy atom. The van der Waals surface area contributed by atoms with Crippen molar-refractivity contribution < 1.29 is 13.5 Å². The van der Waals surface area contributed by atoms with Gasteiger partial charge in [-0.25, -0.2) is 8.78 Å². The number of unbranched alkanes of at least 4 members (excludes halogenated alkanes) is 3. The number of aromatic nitrogens is 1. The molecule has 0 spiro atoms. The summed E-state index contributed by atoms with van der Waals surface area (Å²) in [6.45, 7) is 4.85. The molecule has 102 valence electrons. The van der Waals surface area contributed by atoms with Crippen molar-refractivity contribution in [2.75, 3.05) is 18.5 Å². The Hall–Kier alpha value is -1.39. The number of rotatable bonds is 8. The molecule has 0 aromatic carbocycles. The lowest BCUT2D eigenvalue weighted by molar-refractivity contribution is 0.277. The molecular formula is C13H20F2N2O. The molecule has 0 aliphatic heterocycles. The van der Waals surface area contributed by atoms with Gasteiger partial charge in [0.2, 0.25) is 0 Å². The van der Waals surface area contributed by atoms with E-state index in [1.54, 1.807) is 0 Å². The topological polar surface area (TPSA) is 34.1 Å². The summed E-state index contributed by atoms with van der Waals surface area (Å²) < 4.78 is 31.9. The highest BCUT2D eigenvalue weighted by Crippen LogP contribution is 2.21. The fraction of sp³-hybridized carbons (Fsp3) is 0.615. The molecule has 0 atom stereocenters. The van der Waals surface area contributed by atoms with Crippen LogP contribution in [0.2, 0.25) is 0 Å². The molecule has 0 saturated heterocycles. The monoisotopic (exact) mass is 258 g/mol. The number of pyridine rings is 1. The lowest BCUT2D eigenvalue weighted by Gasteiger charge is -2.09. The zero-order valence-corrected chi connectivity index (χ0v) is 10.9. The minimum atomic E-state index is -0.760. The molecule has 1 rings (SSSR count). The van der Waals surface area contributed by atoms with E-state index in [4.69, 9.17) is 4.74 Å². The predicted octanol–water partition coefficient (Wildman–Crippen LogP) is 3.75. The molecule has 0 radical (unpaired) electrons. The SMILES string of the molecule is CCCCCCOc1nc(NCC)c(F)cc1F. The second-order valence-electron chi connectivity index (χ2n) is 4.05. The molecule has 0 saturated carbocycles. The van der Waals surface area contributed by atoms with Gasteiger partial charge in [0.05, 0.1) is 6.61 Å². The largest absolute Gasteiger partial charge is 0.476 e. The van der Waals surface area contributed by atoms with Gasteiger partial charge in [-0.05, 0) is 13.3 Å². The highest BCUT2D eigenvalue weighted by atomic mass is 19.1. The number of nitrogens with zero attached hydrogens (tertiary/aromatic N) is 1. The first-order valence-electron chi connectivity index (χ1n) is 6.41. The van der Waals surface area contributed by atoms with Crippen molar-refractivity contribution in [3.05, 3.63) is 17.7 Å². The van der Waals surface area contributed by atoms with Crippen LogP contribution >= 0.6 is 0 Å². The first kappa shape index (κ1) is 14.7. The average Bonchev–Trinajstić information content (AvgIpc) is 2.34. The van der Waals surface area contributed by atoms with E-state index in [-0.39, 0.29) is 11.7 Å². The van der Waals surface area contributed by atoms with Crippen LogP contribution in [0.15, 0.2) is 6.07 Å². The van der Waals surface area contributed by atoms with E-state index in [0.717, 1.165) is 31.7 Å². The van der Waals surface area contributed by atoms with Gasteiger partial charge in [0.1, 0.15) is 0 Å². The highest BCUT2D eigenvalue weighted by molar-refractivity contribution is 5.39. The Morgan fingerprint density at radius 1 is 1.17 bits per heavy atom. The Kier molecular flexibility index (Phi) is 6.39. The third-order valence-corrected chi connectivity index (χ3v) is 2.48. The Morgan fingerprint density at radius 2 is 1.94 bits per heavy atom. The van der Waals surface area contributed by atoms with E-state index in [1.807, 2.05) is 6.92 Å². The molecule has 0 aliphatic rings. The zero-order chi connectivity index (χ0) is 13.4. The van der Waals surface area contributed by atoms with Crippen molar-refractivity contribution in [3.63, 3.8) is 0 Å². The molecule has 0 fully saturated rings. The van der Waals surface area contributed by atoms with Gasteiger partial charge < -0.3 is 10.1 Å². The molecule has 5 heteroatoms. The van der Waals surface area contributed by atoms with Gasteiger partial charge >= 0.3 is 0 Å². The maximum absolute atomic E-state index is 13.4. The zero-order valence-electron chi connectivity index (χ0n) is 10.9. The third-order valence-electron chi connectivity index (χ3n) is 2.48. The summed E-state index contributed by atoms with van der Waals surface area (Å²) in [4.78, 5) is 3.80. The van der Waals surface area contributed by atoms with E-state index in [9.17, 15) is 8.78 Å². The van der Waals surface area contributed by atoms with Gasteiger partial charge in [-0.1, -0.05) is 26.2 Å². The van der Waals surface area contributed by atoms with E-state index in [1.165, 1.54) is 0 Å². The maximum Gasteiger partial charge on any atom is 0.252 e. The Bertz CT molecular complexity index is 372. The predicted molar refractivity (Wildman–Crippen MR) is 68.0 cm³/mol. The smallest absolute Gasteiger partial charge is 0.252 e. The number of nitrogens with one attached hydrogen (secondary N) is 1. The summed E-state index contributed by atoms with van der Waals surface area (Å²) in [7, 11) is 0. The van der Waals surface area contributed by atoms with Crippen LogP contribution in [0.1, 0.15) is 39.5 Å². The standard InChI is InChI=1S/C13H20F2N2O/c1-3-5-6-7-8-18-13-11(15)9-10(14)12(17-13)16-4-2/h9H,3-8H2,1-2H3,(H,16,17). The Labute approximate surface area is 107 Å². The normalized spacial score (nSPS) is 10.4. The van der Waals surface area contributed by atoms with E-state index in [2.05, 4.69) is 17.2 Å². The number of hydrogen-bond acceptors (Lipinski definition) is 3. The van der Waals surface area contributed by atoms with Crippen LogP contribution in [-0.4, -0.2) is 18.1 Å². The van der Waals surface area contributed by atoms with Gasteiger partial charge in [-0.3, -0.25) is 0 Å². The first-order valence-corrected chi connectivity index (χ1v) is 6.41. The number of ether oxygens (including phenoxy) is 1. The van der Waals surface area contributed by atoms with Crippen molar-refractivity contribution in [2.45, 2.75) is 39.5 Å². The molecule has 0 unspecified atom stereocenters. The number of hydrogen-bond donors (Lipinski definition) is 1. The second kappa shape index (κ2) is 7.84. The molecule has 1 aromatic rings. The third kappa shape index (κ3) is 4.47. The minimum absolute atomic E-state index is 0.0301. The lowest BCUT2D eigenvalue weighted by atomic mass is 10.2. The van der Waals surface area contributed by atoms with Gasteiger partial charge in [0.15, 0.2) is 17.5 Å². The summed E-state index contributed by atoms with van der Waals surface area (Å²) >= 11 is 0. The van der Waals surface area contributed by atoms with E-state index in [0.29, 0.717) is 13.2 Å². The fourth-order valence-corrected chi connectivity index (χ4v) is 1.54. The molecule has 1 aromatic heterocycles. The molecule has 1 N–H and O–H groups in total. The van der Waals surface area contributed by atoms with Gasteiger partial charge in [-0.15, -0.1) is 0 Å². The van der Waals surface area contributed by atoms with Gasteiger partial charge in [0.25, 0.3) is 5.88 Å². The van der Waals surface area contributed by atoms with Crippen LogP contribution in [0.5, 0.6) is 5.88 Å². The van der Waals surface area contributed by atoms with E-state index < -0.39 is 11.6 Å². The highest BCUT2D eigenvalue weighted by Gasteiger charge is 2.12. The van der Waals surface area contributed by atoms with Crippen LogP contribution in [0.4, 0.5) is 14.6 Å². The van der Waals surface area contributed by atoms with E-state index >= 15 is 0 Å². The summed E-state index contributed by atoms with van der Waals surface area (Å²) in [5.74, 6) is -1.57. The average molecular weight is 258 g/mol. The molecule has 0 aliphatic carbocycles. The fourth-order valence-electron chi connectivity index (χ4n) is 1.54. The summed E-state index contributed by atoms with van der Waals surface area (Å²) in [6, 6.07) is 0.798. The molecule has 3 nitrogen and oxygen atoms in total. The van der Waals surface area contributed by atoms with Crippen molar-refractivity contribution >= 4 is 5.82 Å². The minimum Gasteiger partial charge on any atom is -0.476 e. The van der Waals surface area contributed by atoms with Crippen molar-refractivity contribution in [1.82, 2.24) is 4.98 Å². The molecular weight excluding hydrogens is 238 g/mol. The van der Waals surface area contributed by atoms with Crippen LogP contribution in [0.25, 0.3) is 0 Å². The van der Waals surface area contributed by atoms with Crippen molar-refractivity contribution in [3.8, 4) is 5.88 Å². The van der Waals surface area contributed by atoms with Crippen LogP contribution in [-0.2, 0) is 0 Å². The van der Waals surface area contributed by atoms with Crippen molar-refractivity contribution in [1.29, 1.82) is 0 Å². The molecule has 0 bridgehead atoms. The van der Waals surface area contributed by atoms with Gasteiger partial charge in [0, 0.05) is 12.6 Å². The maximum atomic E-state index is 13.4.